The Morgan fingerprint density at radius 3 is 2.58 bits per heavy atom. The summed E-state index contributed by atoms with van der Waals surface area (Å²) in [6.45, 7) is 14.8. The summed E-state index contributed by atoms with van der Waals surface area (Å²) in [6.07, 6.45) is 24.0. The fourth-order valence-electron chi connectivity index (χ4n) is 11.6. The molecule has 4 fully saturated rings. The van der Waals surface area contributed by atoms with E-state index in [4.69, 9.17) is 16.2 Å². The van der Waals surface area contributed by atoms with Crippen LogP contribution in [0.15, 0.2) is 36.1 Å². The van der Waals surface area contributed by atoms with Gasteiger partial charge in [0.05, 0.1) is 17.7 Å². The smallest absolute Gasteiger partial charge is 0.0976 e. The Bertz CT molecular complexity index is 994. The van der Waals surface area contributed by atoms with E-state index in [1.165, 1.54) is 51.4 Å². The van der Waals surface area contributed by atoms with Crippen LogP contribution in [0.2, 0.25) is 0 Å². The second kappa shape index (κ2) is 9.51. The second-order valence-electron chi connectivity index (χ2n) is 15.8. The van der Waals surface area contributed by atoms with Crippen molar-refractivity contribution in [3.63, 3.8) is 0 Å². The average Bonchev–Trinajstić information content (AvgIpc) is 3.21. The highest BCUT2D eigenvalue weighted by Crippen LogP contribution is 2.77. The zero-order valence-corrected chi connectivity index (χ0v) is 25.2. The van der Waals surface area contributed by atoms with Crippen molar-refractivity contribution >= 4 is 0 Å². The molecular formula is C35H56N2O. The topological polar surface area (TPSA) is 61.3 Å². The van der Waals surface area contributed by atoms with E-state index in [0.29, 0.717) is 22.9 Å². The molecule has 3 heteroatoms. The van der Waals surface area contributed by atoms with Gasteiger partial charge in [-0.2, -0.15) is 0 Å². The minimum Gasteiger partial charge on any atom is -0.399 e. The van der Waals surface area contributed by atoms with Gasteiger partial charge in [-0.05, 0) is 122 Å². The van der Waals surface area contributed by atoms with E-state index in [0.717, 1.165) is 59.5 Å². The van der Waals surface area contributed by atoms with E-state index in [1.807, 2.05) is 19.1 Å². The fourth-order valence-corrected chi connectivity index (χ4v) is 11.6. The van der Waals surface area contributed by atoms with Gasteiger partial charge < -0.3 is 16.2 Å². The molecule has 0 amide bonds. The Hall–Kier alpha value is -1.06. The molecule has 6 aliphatic carbocycles. The van der Waals surface area contributed by atoms with Gasteiger partial charge in [-0.3, -0.25) is 0 Å². The molecule has 13 unspecified atom stereocenters. The average molecular weight is 521 g/mol. The van der Waals surface area contributed by atoms with Gasteiger partial charge in [0.2, 0.25) is 0 Å². The maximum Gasteiger partial charge on any atom is 0.0976 e. The third-order valence-electron chi connectivity index (χ3n) is 13.3. The van der Waals surface area contributed by atoms with E-state index >= 15 is 0 Å². The summed E-state index contributed by atoms with van der Waals surface area (Å²) in [5.74, 6) is 7.72. The van der Waals surface area contributed by atoms with E-state index in [9.17, 15) is 0 Å². The molecule has 0 aromatic rings. The highest BCUT2D eigenvalue weighted by atomic mass is 16.5. The molecule has 0 aromatic carbocycles. The molecule has 0 radical (unpaired) electrons. The third kappa shape index (κ3) is 4.03. The highest BCUT2D eigenvalue weighted by molar-refractivity contribution is 5.31. The molecular weight excluding hydrogens is 464 g/mol. The molecule has 38 heavy (non-hydrogen) atoms. The van der Waals surface area contributed by atoms with Crippen LogP contribution in [-0.2, 0) is 4.74 Å². The molecule has 3 nitrogen and oxygen atoms in total. The Kier molecular flexibility index (Phi) is 6.79. The lowest BCUT2D eigenvalue weighted by molar-refractivity contribution is -0.249. The van der Waals surface area contributed by atoms with Crippen LogP contribution in [0.3, 0.4) is 0 Å². The molecule has 0 aromatic heterocycles. The summed E-state index contributed by atoms with van der Waals surface area (Å²) >= 11 is 0. The monoisotopic (exact) mass is 520 g/mol. The molecule has 6 aliphatic rings. The standard InChI is InChI=1S/C35H56N2O/c1-21(2)8-7-9-22(3)29-13-14-30-27-12-10-24-18-26(38-31-15-11-25(36)19-34(31,6)37)16-17-35(24)23(4)28(32(27)35)20-33(29,30)5/h10-12,15,19,21-24,26-32H,7-9,13-14,16-18,20,36-37H2,1-6H3. The lowest BCUT2D eigenvalue weighted by Crippen LogP contribution is -2.69. The Morgan fingerprint density at radius 1 is 1.05 bits per heavy atom. The Balaban J connectivity index is 1.17. The number of ether oxygens (including phenoxy) is 1. The maximum absolute atomic E-state index is 6.71. The van der Waals surface area contributed by atoms with Crippen LogP contribution in [0.4, 0.5) is 0 Å². The first kappa shape index (κ1) is 27.1. The van der Waals surface area contributed by atoms with Crippen LogP contribution >= 0.6 is 0 Å². The van der Waals surface area contributed by atoms with Gasteiger partial charge in [-0.15, -0.1) is 0 Å². The van der Waals surface area contributed by atoms with Crippen LogP contribution < -0.4 is 11.5 Å². The molecule has 0 aliphatic heterocycles. The predicted octanol–water partition coefficient (Wildman–Crippen LogP) is 7.62. The van der Waals surface area contributed by atoms with E-state index in [2.05, 4.69) is 52.8 Å². The molecule has 1 spiro atoms. The number of allylic oxidation sites excluding steroid dienone is 3. The van der Waals surface area contributed by atoms with E-state index in [-0.39, 0.29) is 6.10 Å². The van der Waals surface area contributed by atoms with Gasteiger partial charge in [0, 0.05) is 5.70 Å². The van der Waals surface area contributed by atoms with Gasteiger partial charge in [0.1, 0.15) is 0 Å². The SMILES string of the molecule is CC(C)CCCC(C)C1CCC2C3C=CC4CC(OC5C=CC(N)=CC5(C)N)CCC45C(C)C(CC12C)C35. The number of fused-ring (bicyclic) bond motifs is 2. The molecule has 0 heterocycles. The van der Waals surface area contributed by atoms with Gasteiger partial charge in [0.25, 0.3) is 0 Å². The summed E-state index contributed by atoms with van der Waals surface area (Å²) in [5, 5.41) is 0. The maximum atomic E-state index is 6.71. The predicted molar refractivity (Wildman–Crippen MR) is 158 cm³/mol. The first-order valence-electron chi connectivity index (χ1n) is 16.3. The summed E-state index contributed by atoms with van der Waals surface area (Å²) in [4.78, 5) is 0. The zero-order chi connectivity index (χ0) is 27.0. The Morgan fingerprint density at radius 2 is 1.84 bits per heavy atom. The van der Waals surface area contributed by atoms with Crippen LogP contribution in [0.1, 0.15) is 99.3 Å². The number of hydrogen-bond donors (Lipinski definition) is 2. The lowest BCUT2D eigenvalue weighted by Gasteiger charge is -2.74. The number of rotatable bonds is 7. The lowest BCUT2D eigenvalue weighted by atomic mass is 9.30. The van der Waals surface area contributed by atoms with Crippen molar-refractivity contribution in [2.24, 2.45) is 75.6 Å². The van der Waals surface area contributed by atoms with Crippen molar-refractivity contribution in [1.82, 2.24) is 0 Å². The molecule has 0 saturated heterocycles. The van der Waals surface area contributed by atoms with Crippen LogP contribution in [0.5, 0.6) is 0 Å². The molecule has 13 atom stereocenters. The largest absolute Gasteiger partial charge is 0.399 e. The van der Waals surface area contributed by atoms with Gasteiger partial charge in [-0.25, -0.2) is 0 Å². The van der Waals surface area contributed by atoms with Crippen molar-refractivity contribution in [2.45, 2.75) is 117 Å². The minimum absolute atomic E-state index is 0.0888. The molecule has 4 saturated carbocycles. The zero-order valence-electron chi connectivity index (χ0n) is 25.2. The molecule has 6 rings (SSSR count). The molecule has 0 bridgehead atoms. The van der Waals surface area contributed by atoms with Crippen LogP contribution in [0, 0.1) is 64.1 Å². The van der Waals surface area contributed by atoms with Gasteiger partial charge in [-0.1, -0.05) is 72.1 Å². The number of hydrogen-bond acceptors (Lipinski definition) is 3. The second-order valence-corrected chi connectivity index (χ2v) is 15.8. The molecule has 4 N–H and O–H groups in total. The summed E-state index contributed by atoms with van der Waals surface area (Å²) in [6, 6.07) is 0. The Labute approximate surface area is 233 Å². The van der Waals surface area contributed by atoms with Crippen molar-refractivity contribution in [2.75, 3.05) is 0 Å². The van der Waals surface area contributed by atoms with Gasteiger partial charge in [0.15, 0.2) is 0 Å². The third-order valence-corrected chi connectivity index (χ3v) is 13.3. The normalized spacial score (nSPS) is 51.6. The van der Waals surface area contributed by atoms with Crippen LogP contribution in [0.25, 0.3) is 0 Å². The fraction of sp³-hybridized carbons (Fsp3) is 0.829. The highest BCUT2D eigenvalue weighted by Gasteiger charge is 2.72. The van der Waals surface area contributed by atoms with Crippen molar-refractivity contribution in [3.8, 4) is 0 Å². The summed E-state index contributed by atoms with van der Waals surface area (Å²) < 4.78 is 6.71. The van der Waals surface area contributed by atoms with Gasteiger partial charge >= 0.3 is 0 Å². The van der Waals surface area contributed by atoms with Crippen molar-refractivity contribution < 1.29 is 4.74 Å². The summed E-state index contributed by atoms with van der Waals surface area (Å²) in [5.41, 5.74) is 13.9. The van der Waals surface area contributed by atoms with E-state index < -0.39 is 5.54 Å². The summed E-state index contributed by atoms with van der Waals surface area (Å²) in [7, 11) is 0. The minimum atomic E-state index is -0.533. The number of nitrogens with two attached hydrogens (primary N) is 2. The van der Waals surface area contributed by atoms with Crippen molar-refractivity contribution in [1.29, 1.82) is 0 Å². The quantitative estimate of drug-likeness (QED) is 0.339. The first-order chi connectivity index (χ1) is 18.0. The van der Waals surface area contributed by atoms with E-state index in [1.54, 1.807) is 0 Å². The molecule has 212 valence electrons. The van der Waals surface area contributed by atoms with Crippen molar-refractivity contribution in [3.05, 3.63) is 36.1 Å². The van der Waals surface area contributed by atoms with Crippen LogP contribution in [-0.4, -0.2) is 17.7 Å². The first-order valence-corrected chi connectivity index (χ1v) is 16.3.